The van der Waals surface area contributed by atoms with Crippen molar-refractivity contribution in [1.29, 1.82) is 0 Å². The number of methoxy groups -OCH3 is 1. The number of rotatable bonds is 11. The highest BCUT2D eigenvalue weighted by Gasteiger charge is 2.51. The van der Waals surface area contributed by atoms with Gasteiger partial charge in [-0.2, -0.15) is 0 Å². The molecule has 0 aliphatic carbocycles. The summed E-state index contributed by atoms with van der Waals surface area (Å²) in [7, 11) is -0.603. The van der Waals surface area contributed by atoms with E-state index in [1.54, 1.807) is 19.2 Å². The number of nitrogens with one attached hydrogen (secondary N) is 1. The van der Waals surface area contributed by atoms with Gasteiger partial charge in [-0.3, -0.25) is 9.59 Å². The molecule has 0 unspecified atom stereocenters. The Labute approximate surface area is 311 Å². The van der Waals surface area contributed by atoms with Crippen LogP contribution in [-0.4, -0.2) is 113 Å². The average molecular weight is 749 g/mol. The molecule has 0 saturated carbocycles. The van der Waals surface area contributed by atoms with E-state index in [1.165, 1.54) is 5.19 Å². The fourth-order valence-corrected chi connectivity index (χ4v) is 12.6. The highest BCUT2D eigenvalue weighted by molar-refractivity contribution is 6.91. The molecule has 6 N–H and O–H groups in total. The molecule has 3 heterocycles. The molecule has 3 aromatic rings. The van der Waals surface area contributed by atoms with Crippen LogP contribution in [0.2, 0.25) is 18.6 Å². The van der Waals surface area contributed by atoms with Crippen LogP contribution < -0.4 is 15.2 Å². The van der Waals surface area contributed by atoms with Crippen LogP contribution in [0.1, 0.15) is 36.5 Å². The summed E-state index contributed by atoms with van der Waals surface area (Å²) in [6.45, 7) is 7.24. The SMILES string of the molecule is COc1ccc([Si](C)(C)[C@@H]2[C@@H](C)[C@@H](CCc3cccc(NC(=O)[C@H]4O[C@@H](O)[C@H](O)[C@@H](O)[C@@H]4O)c3)O[C@H]2CC(=O)N2Cc3ccccc3C[C@H]2CO)cc1. The summed E-state index contributed by atoms with van der Waals surface area (Å²) in [6, 6.07) is 23.3. The molecule has 3 aromatic carbocycles. The molecule has 286 valence electrons. The van der Waals surface area contributed by atoms with Crippen LogP contribution in [0.15, 0.2) is 72.8 Å². The minimum Gasteiger partial charge on any atom is -0.497 e. The molecule has 12 nitrogen and oxygen atoms in total. The number of hydrogen-bond donors (Lipinski definition) is 6. The van der Waals surface area contributed by atoms with Crippen molar-refractivity contribution >= 4 is 30.8 Å². The Balaban J connectivity index is 1.18. The summed E-state index contributed by atoms with van der Waals surface area (Å²) in [5.41, 5.74) is 3.75. The fraction of sp³-hybridized carbons (Fsp3) is 0.500. The Kier molecular flexibility index (Phi) is 12.1. The quantitative estimate of drug-likeness (QED) is 0.159. The molecule has 0 aromatic heterocycles. The number of amides is 2. The Morgan fingerprint density at radius 1 is 0.906 bits per heavy atom. The topological polar surface area (TPSA) is 178 Å². The van der Waals surface area contributed by atoms with Crippen LogP contribution >= 0.6 is 0 Å². The van der Waals surface area contributed by atoms with Crippen molar-refractivity contribution in [2.75, 3.05) is 19.0 Å². The lowest BCUT2D eigenvalue weighted by Crippen LogP contribution is -2.60. The summed E-state index contributed by atoms with van der Waals surface area (Å²) in [6.07, 6.45) is -6.95. The van der Waals surface area contributed by atoms with Gasteiger partial charge >= 0.3 is 0 Å². The van der Waals surface area contributed by atoms with Gasteiger partial charge in [0.25, 0.3) is 5.91 Å². The standard InChI is InChI=1S/C40H52N2O10Si/c1-23-31(17-12-24-8-7-11-27(18-24)41-39(48)37-35(46)34(45)36(47)40(49)52-37)51-32(38(23)53(3,4)30-15-13-29(50-2)14-16-30)20-33(44)42-21-26-10-6-5-9-25(26)19-28(42)22-43/h5-11,13-16,18,23,28,31-32,34-38,40,43,45-47,49H,12,17,19-22H2,1-4H3,(H,41,48)/t23-,28-,31+,32-,34-,35-,36+,37-,38+,40+/m0/s1. The first kappa shape index (κ1) is 39.0. The molecule has 13 heteroatoms. The number of aliphatic hydroxyl groups is 5. The van der Waals surface area contributed by atoms with Crippen molar-refractivity contribution < 1.29 is 49.3 Å². The zero-order chi connectivity index (χ0) is 38.0. The number of hydrogen-bond acceptors (Lipinski definition) is 10. The van der Waals surface area contributed by atoms with Crippen molar-refractivity contribution in [2.45, 2.75) is 107 Å². The first-order valence-electron chi connectivity index (χ1n) is 18.4. The van der Waals surface area contributed by atoms with Gasteiger partial charge in [0.05, 0.1) is 46.5 Å². The molecule has 0 bridgehead atoms. The van der Waals surface area contributed by atoms with Crippen molar-refractivity contribution in [3.8, 4) is 5.75 Å². The van der Waals surface area contributed by atoms with Crippen LogP contribution in [0.25, 0.3) is 0 Å². The molecule has 2 fully saturated rings. The van der Waals surface area contributed by atoms with Gasteiger partial charge in [-0.05, 0) is 71.7 Å². The second kappa shape index (κ2) is 16.4. The summed E-state index contributed by atoms with van der Waals surface area (Å²) < 4.78 is 17.4. The Bertz CT molecular complexity index is 1740. The molecule has 2 amide bonds. The molecule has 10 atom stereocenters. The normalized spacial score (nSPS) is 30.1. The van der Waals surface area contributed by atoms with Crippen molar-refractivity contribution in [3.05, 3.63) is 89.5 Å². The van der Waals surface area contributed by atoms with Gasteiger partial charge in [0, 0.05) is 12.2 Å². The predicted molar refractivity (Wildman–Crippen MR) is 200 cm³/mol. The number of nitrogens with zero attached hydrogens (tertiary/aromatic N) is 1. The number of ether oxygens (including phenoxy) is 3. The third-order valence-corrected chi connectivity index (χ3v) is 16.0. The predicted octanol–water partition coefficient (Wildman–Crippen LogP) is 2.09. The number of fused-ring (bicyclic) bond motifs is 1. The maximum Gasteiger partial charge on any atom is 0.256 e. The Hall–Kier alpha value is -3.66. The second-order valence-corrected chi connectivity index (χ2v) is 19.9. The Morgan fingerprint density at radius 2 is 1.62 bits per heavy atom. The van der Waals surface area contributed by atoms with Crippen LogP contribution in [0, 0.1) is 5.92 Å². The summed E-state index contributed by atoms with van der Waals surface area (Å²) in [5.74, 6) is 0.127. The molecule has 3 aliphatic rings. The minimum absolute atomic E-state index is 0.0222. The first-order chi connectivity index (χ1) is 25.3. The molecule has 53 heavy (non-hydrogen) atoms. The average Bonchev–Trinajstić information content (AvgIpc) is 3.48. The van der Waals surface area contributed by atoms with Crippen molar-refractivity contribution in [3.63, 3.8) is 0 Å². The third kappa shape index (κ3) is 8.22. The van der Waals surface area contributed by atoms with E-state index < -0.39 is 44.7 Å². The molecule has 3 aliphatic heterocycles. The van der Waals surface area contributed by atoms with Crippen LogP contribution in [0.3, 0.4) is 0 Å². The van der Waals surface area contributed by atoms with Gasteiger partial charge in [0.1, 0.15) is 24.1 Å². The minimum atomic E-state index is -2.25. The van der Waals surface area contributed by atoms with Crippen molar-refractivity contribution in [1.82, 2.24) is 4.90 Å². The highest BCUT2D eigenvalue weighted by atomic mass is 28.3. The monoisotopic (exact) mass is 748 g/mol. The summed E-state index contributed by atoms with van der Waals surface area (Å²) in [4.78, 5) is 28.9. The van der Waals surface area contributed by atoms with E-state index in [0.717, 1.165) is 22.4 Å². The van der Waals surface area contributed by atoms with E-state index in [2.05, 4.69) is 43.5 Å². The van der Waals surface area contributed by atoms with E-state index in [1.807, 2.05) is 47.4 Å². The van der Waals surface area contributed by atoms with E-state index >= 15 is 0 Å². The van der Waals surface area contributed by atoms with Gasteiger partial charge in [-0.15, -0.1) is 0 Å². The maximum absolute atomic E-state index is 14.2. The lowest BCUT2D eigenvalue weighted by atomic mass is 9.93. The first-order valence-corrected chi connectivity index (χ1v) is 21.4. The zero-order valence-electron chi connectivity index (χ0n) is 30.7. The lowest BCUT2D eigenvalue weighted by Gasteiger charge is -2.39. The Morgan fingerprint density at radius 3 is 2.32 bits per heavy atom. The number of aryl methyl sites for hydroxylation is 1. The number of aliphatic hydroxyl groups excluding tert-OH is 5. The van der Waals surface area contributed by atoms with Crippen LogP contribution in [-0.2, 0) is 38.4 Å². The van der Waals surface area contributed by atoms with E-state index in [0.29, 0.717) is 31.5 Å². The fourth-order valence-electron chi connectivity index (χ4n) is 8.58. The van der Waals surface area contributed by atoms with Gasteiger partial charge in [0.2, 0.25) is 5.91 Å². The van der Waals surface area contributed by atoms with E-state index in [-0.39, 0.29) is 48.6 Å². The van der Waals surface area contributed by atoms with Gasteiger partial charge in [-0.25, -0.2) is 0 Å². The molecular formula is C40H52N2O10Si. The van der Waals surface area contributed by atoms with Crippen LogP contribution in [0.4, 0.5) is 5.69 Å². The highest BCUT2D eigenvalue weighted by Crippen LogP contribution is 2.47. The van der Waals surface area contributed by atoms with E-state index in [4.69, 9.17) is 14.2 Å². The lowest BCUT2D eigenvalue weighted by molar-refractivity contribution is -0.274. The molecule has 0 spiro atoms. The summed E-state index contributed by atoms with van der Waals surface area (Å²) in [5, 5.41) is 54.2. The maximum atomic E-state index is 14.2. The van der Waals surface area contributed by atoms with Gasteiger partial charge < -0.3 is 50.0 Å². The largest absolute Gasteiger partial charge is 0.497 e. The number of anilines is 1. The summed E-state index contributed by atoms with van der Waals surface area (Å²) >= 11 is 0. The van der Waals surface area contributed by atoms with E-state index in [9.17, 15) is 35.1 Å². The smallest absolute Gasteiger partial charge is 0.256 e. The molecule has 6 rings (SSSR count). The van der Waals surface area contributed by atoms with Gasteiger partial charge in [-0.1, -0.05) is 73.7 Å². The molecule has 2 saturated heterocycles. The van der Waals surface area contributed by atoms with Crippen molar-refractivity contribution in [2.24, 2.45) is 5.92 Å². The number of carbonyl (C=O) groups is 2. The molecular weight excluding hydrogens is 697 g/mol. The van der Waals surface area contributed by atoms with Crippen LogP contribution in [0.5, 0.6) is 5.75 Å². The number of carbonyl (C=O) groups excluding carboxylic acids is 2. The zero-order valence-corrected chi connectivity index (χ0v) is 31.7. The number of benzene rings is 3. The molecule has 0 radical (unpaired) electrons. The second-order valence-electron chi connectivity index (χ2n) is 15.2. The third-order valence-electron chi connectivity index (χ3n) is 11.6. The van der Waals surface area contributed by atoms with Gasteiger partial charge in [0.15, 0.2) is 12.4 Å².